The van der Waals surface area contributed by atoms with Crippen LogP contribution in [-0.2, 0) is 5.41 Å². The number of anilines is 3. The third-order valence-electron chi connectivity index (χ3n) is 12.4. The molecule has 12 rings (SSSR count). The van der Waals surface area contributed by atoms with Crippen LogP contribution >= 0.6 is 0 Å². The highest BCUT2D eigenvalue weighted by molar-refractivity contribution is 5.91. The molecular formula is C58H38N4O. The average Bonchev–Trinajstić information content (AvgIpc) is 3.93. The first kappa shape index (κ1) is 36.4. The minimum absolute atomic E-state index is 0.542. The fraction of sp³-hybridized carbons (Fsp3) is 0.0172. The molecule has 0 fully saturated rings. The van der Waals surface area contributed by atoms with E-state index in [4.69, 9.17) is 19.4 Å². The van der Waals surface area contributed by atoms with Crippen molar-refractivity contribution in [3.05, 3.63) is 253 Å². The number of aromatic nitrogens is 3. The molecule has 0 amide bonds. The highest BCUT2D eigenvalue weighted by Gasteiger charge is 2.46. The van der Waals surface area contributed by atoms with Crippen molar-refractivity contribution in [1.82, 2.24) is 15.0 Å². The van der Waals surface area contributed by atoms with Gasteiger partial charge in [-0.2, -0.15) is 0 Å². The summed E-state index contributed by atoms with van der Waals surface area (Å²) in [6, 6.07) is 81.2. The number of fused-ring (bicyclic) bond motifs is 5. The Balaban J connectivity index is 1.04. The van der Waals surface area contributed by atoms with Gasteiger partial charge in [0.05, 0.1) is 27.8 Å². The third kappa shape index (κ3) is 6.05. The summed E-state index contributed by atoms with van der Waals surface area (Å²) in [5, 5.41) is 0. The van der Waals surface area contributed by atoms with Gasteiger partial charge in [0.25, 0.3) is 0 Å². The summed E-state index contributed by atoms with van der Waals surface area (Å²) >= 11 is 0. The van der Waals surface area contributed by atoms with E-state index in [-0.39, 0.29) is 0 Å². The van der Waals surface area contributed by atoms with Crippen LogP contribution in [0.2, 0.25) is 0 Å². The number of para-hydroxylation sites is 4. The summed E-state index contributed by atoms with van der Waals surface area (Å²) in [5.41, 5.74) is 17.9. The average molecular weight is 807 g/mol. The second kappa shape index (κ2) is 14.9. The molecular weight excluding hydrogens is 769 g/mol. The van der Waals surface area contributed by atoms with Crippen LogP contribution in [0.5, 0.6) is 0 Å². The maximum absolute atomic E-state index is 6.20. The van der Waals surface area contributed by atoms with E-state index < -0.39 is 5.41 Å². The predicted molar refractivity (Wildman–Crippen MR) is 255 cm³/mol. The van der Waals surface area contributed by atoms with E-state index in [1.807, 2.05) is 66.7 Å². The Kier molecular flexibility index (Phi) is 8.64. The molecule has 63 heavy (non-hydrogen) atoms. The number of nitrogens with zero attached hydrogens (tertiary/aromatic N) is 4. The van der Waals surface area contributed by atoms with E-state index in [1.54, 1.807) is 0 Å². The van der Waals surface area contributed by atoms with Gasteiger partial charge in [0.2, 0.25) is 5.89 Å². The molecule has 0 bridgehead atoms. The Bertz CT molecular complexity index is 3360. The van der Waals surface area contributed by atoms with Crippen LogP contribution in [0.15, 0.2) is 235 Å². The SMILES string of the molecule is c1ccc(-c2nc3ccccc3nc2-c2ccc(N(c3ccc(-c4nc5ccccc5o4)cc3)c3ccc4c(c3)C(c3ccccc3)(c3ccccc3)c3ccccc3-4)cc2)cc1. The van der Waals surface area contributed by atoms with Crippen molar-refractivity contribution in [3.8, 4) is 45.1 Å². The van der Waals surface area contributed by atoms with Gasteiger partial charge in [-0.25, -0.2) is 15.0 Å². The van der Waals surface area contributed by atoms with E-state index in [1.165, 1.54) is 33.4 Å². The highest BCUT2D eigenvalue weighted by Crippen LogP contribution is 2.57. The Morgan fingerprint density at radius 2 is 0.825 bits per heavy atom. The summed E-state index contributed by atoms with van der Waals surface area (Å²) < 4.78 is 6.20. The van der Waals surface area contributed by atoms with Gasteiger partial charge < -0.3 is 9.32 Å². The second-order valence-electron chi connectivity index (χ2n) is 15.9. The smallest absolute Gasteiger partial charge is 0.227 e. The molecule has 5 nitrogen and oxygen atoms in total. The van der Waals surface area contributed by atoms with E-state index in [0.29, 0.717) is 5.89 Å². The van der Waals surface area contributed by atoms with E-state index in [2.05, 4.69) is 169 Å². The molecule has 0 atom stereocenters. The van der Waals surface area contributed by atoms with Gasteiger partial charge in [0.1, 0.15) is 5.52 Å². The van der Waals surface area contributed by atoms with Crippen LogP contribution in [0.4, 0.5) is 17.1 Å². The minimum Gasteiger partial charge on any atom is -0.436 e. The Hall–Kier alpha value is -8.41. The quantitative estimate of drug-likeness (QED) is 0.153. The molecule has 0 spiro atoms. The van der Waals surface area contributed by atoms with E-state index >= 15 is 0 Å². The Morgan fingerprint density at radius 1 is 0.349 bits per heavy atom. The van der Waals surface area contributed by atoms with Crippen molar-refractivity contribution in [3.63, 3.8) is 0 Å². The first-order valence-corrected chi connectivity index (χ1v) is 21.3. The number of hydrogen-bond donors (Lipinski definition) is 0. The Labute approximate surface area is 365 Å². The van der Waals surface area contributed by atoms with Gasteiger partial charge >= 0.3 is 0 Å². The molecule has 0 N–H and O–H groups in total. The van der Waals surface area contributed by atoms with Gasteiger partial charge in [0, 0.05) is 33.8 Å². The molecule has 9 aromatic carbocycles. The summed E-state index contributed by atoms with van der Waals surface area (Å²) in [4.78, 5) is 17.5. The topological polar surface area (TPSA) is 55.1 Å². The molecule has 2 heterocycles. The van der Waals surface area contributed by atoms with Crippen molar-refractivity contribution >= 4 is 39.2 Å². The molecule has 1 aliphatic carbocycles. The molecule has 11 aromatic rings. The molecule has 0 saturated carbocycles. The number of rotatable bonds is 8. The maximum Gasteiger partial charge on any atom is 0.227 e. The van der Waals surface area contributed by atoms with E-state index in [0.717, 1.165) is 67.3 Å². The van der Waals surface area contributed by atoms with Crippen molar-refractivity contribution in [2.75, 3.05) is 4.90 Å². The summed E-state index contributed by atoms with van der Waals surface area (Å²) in [6.45, 7) is 0. The van der Waals surface area contributed by atoms with Crippen LogP contribution in [0.3, 0.4) is 0 Å². The number of hydrogen-bond acceptors (Lipinski definition) is 5. The van der Waals surface area contributed by atoms with Crippen molar-refractivity contribution in [1.29, 1.82) is 0 Å². The van der Waals surface area contributed by atoms with Gasteiger partial charge in [-0.3, -0.25) is 0 Å². The number of oxazole rings is 1. The lowest BCUT2D eigenvalue weighted by Crippen LogP contribution is -2.28. The molecule has 0 radical (unpaired) electrons. The predicted octanol–water partition coefficient (Wildman–Crippen LogP) is 14.6. The minimum atomic E-state index is -0.542. The van der Waals surface area contributed by atoms with Gasteiger partial charge in [-0.1, -0.05) is 158 Å². The van der Waals surface area contributed by atoms with Crippen molar-refractivity contribution < 1.29 is 4.42 Å². The van der Waals surface area contributed by atoms with Crippen LogP contribution < -0.4 is 4.90 Å². The van der Waals surface area contributed by atoms with Crippen LogP contribution in [-0.4, -0.2) is 15.0 Å². The molecule has 0 saturated heterocycles. The zero-order chi connectivity index (χ0) is 41.7. The molecule has 0 aliphatic heterocycles. The van der Waals surface area contributed by atoms with Gasteiger partial charge in [0.15, 0.2) is 5.58 Å². The Morgan fingerprint density at radius 3 is 1.44 bits per heavy atom. The van der Waals surface area contributed by atoms with Crippen LogP contribution in [0, 0.1) is 0 Å². The van der Waals surface area contributed by atoms with Gasteiger partial charge in [-0.15, -0.1) is 0 Å². The zero-order valence-corrected chi connectivity index (χ0v) is 34.1. The lowest BCUT2D eigenvalue weighted by molar-refractivity contribution is 0.620. The summed E-state index contributed by atoms with van der Waals surface area (Å²) in [7, 11) is 0. The number of benzene rings is 9. The highest BCUT2D eigenvalue weighted by atomic mass is 16.3. The molecule has 2 aromatic heterocycles. The second-order valence-corrected chi connectivity index (χ2v) is 15.9. The van der Waals surface area contributed by atoms with Crippen LogP contribution in [0.25, 0.3) is 67.2 Å². The molecule has 296 valence electrons. The largest absolute Gasteiger partial charge is 0.436 e. The standard InChI is InChI=1S/C58H38N4O/c1-4-16-39(17-5-1)55-56(60-52-25-13-12-24-51(52)59-55)40-28-32-44(33-29-40)62(45-34-30-41(31-35-45)57-61-53-26-14-15-27-54(53)63-57)46-36-37-48-47-22-10-11-23-49(47)58(50(48)38-46,42-18-6-2-7-19-42)43-20-8-3-9-21-43/h1-38H. The third-order valence-corrected chi connectivity index (χ3v) is 12.4. The van der Waals surface area contributed by atoms with Crippen molar-refractivity contribution in [2.45, 2.75) is 5.41 Å². The summed E-state index contributed by atoms with van der Waals surface area (Å²) in [5.74, 6) is 0.593. The maximum atomic E-state index is 6.20. The van der Waals surface area contributed by atoms with Crippen molar-refractivity contribution in [2.24, 2.45) is 0 Å². The molecule has 1 aliphatic rings. The molecule has 0 unspecified atom stereocenters. The first-order chi connectivity index (χ1) is 31.2. The van der Waals surface area contributed by atoms with Crippen LogP contribution in [0.1, 0.15) is 22.3 Å². The zero-order valence-electron chi connectivity index (χ0n) is 34.1. The normalized spacial score (nSPS) is 12.6. The first-order valence-electron chi connectivity index (χ1n) is 21.3. The lowest BCUT2D eigenvalue weighted by Gasteiger charge is -2.35. The van der Waals surface area contributed by atoms with E-state index in [9.17, 15) is 0 Å². The monoisotopic (exact) mass is 806 g/mol. The van der Waals surface area contributed by atoms with Gasteiger partial charge in [-0.05, 0) is 106 Å². The fourth-order valence-corrected chi connectivity index (χ4v) is 9.53. The molecule has 5 heteroatoms. The fourth-order valence-electron chi connectivity index (χ4n) is 9.53. The summed E-state index contributed by atoms with van der Waals surface area (Å²) in [6.07, 6.45) is 0. The lowest BCUT2D eigenvalue weighted by atomic mass is 9.67.